The van der Waals surface area contributed by atoms with E-state index in [2.05, 4.69) is 22.6 Å². The van der Waals surface area contributed by atoms with Crippen LogP contribution in [0.5, 0.6) is 0 Å². The van der Waals surface area contributed by atoms with Gasteiger partial charge in [0.05, 0.1) is 12.7 Å². The number of halogens is 2. The van der Waals surface area contributed by atoms with Gasteiger partial charge in [-0.25, -0.2) is 4.79 Å². The largest absolute Gasteiger partial charge is 0.465 e. The summed E-state index contributed by atoms with van der Waals surface area (Å²) in [6, 6.07) is 13.3. The fourth-order valence-corrected chi connectivity index (χ4v) is 3.01. The third kappa shape index (κ3) is 3.87. The van der Waals surface area contributed by atoms with E-state index < -0.39 is 0 Å². The number of hydrogen-bond acceptors (Lipinski definition) is 3. The van der Waals surface area contributed by atoms with Gasteiger partial charge in [-0.05, 0) is 65.1 Å². The lowest BCUT2D eigenvalue weighted by Crippen LogP contribution is -2.03. The van der Waals surface area contributed by atoms with Crippen LogP contribution in [-0.4, -0.2) is 13.1 Å². The Morgan fingerprint density at radius 2 is 1.79 bits per heavy atom. The molecule has 0 aliphatic heterocycles. The molecule has 19 heavy (non-hydrogen) atoms. The number of esters is 1. The van der Waals surface area contributed by atoms with E-state index in [0.717, 1.165) is 13.4 Å². The first kappa shape index (κ1) is 14.7. The molecule has 0 aliphatic rings. The maximum Gasteiger partial charge on any atom is 0.338 e. The SMILES string of the molecule is COC(=O)c1cc(Sc2ccc(Cl)cc2)ccc1I. The van der Waals surface area contributed by atoms with Crippen molar-refractivity contribution in [3.63, 3.8) is 0 Å². The summed E-state index contributed by atoms with van der Waals surface area (Å²) in [7, 11) is 1.39. The van der Waals surface area contributed by atoms with Crippen LogP contribution in [0.3, 0.4) is 0 Å². The van der Waals surface area contributed by atoms with Gasteiger partial charge in [0.1, 0.15) is 0 Å². The molecular formula is C14H10ClIO2S. The summed E-state index contributed by atoms with van der Waals surface area (Å²) in [5, 5.41) is 0.710. The first-order valence-electron chi connectivity index (χ1n) is 5.41. The summed E-state index contributed by atoms with van der Waals surface area (Å²) < 4.78 is 5.65. The lowest BCUT2D eigenvalue weighted by molar-refractivity contribution is 0.0599. The van der Waals surface area contributed by atoms with Crippen LogP contribution >= 0.6 is 46.0 Å². The highest BCUT2D eigenvalue weighted by molar-refractivity contribution is 14.1. The van der Waals surface area contributed by atoms with Crippen molar-refractivity contribution in [2.75, 3.05) is 7.11 Å². The van der Waals surface area contributed by atoms with Gasteiger partial charge in [0, 0.05) is 18.4 Å². The fourth-order valence-electron chi connectivity index (χ4n) is 1.47. The highest BCUT2D eigenvalue weighted by Crippen LogP contribution is 2.30. The van der Waals surface area contributed by atoms with E-state index in [1.165, 1.54) is 7.11 Å². The zero-order chi connectivity index (χ0) is 13.8. The van der Waals surface area contributed by atoms with Crippen LogP contribution in [0, 0.1) is 3.57 Å². The van der Waals surface area contributed by atoms with E-state index in [4.69, 9.17) is 16.3 Å². The molecule has 0 bridgehead atoms. The van der Waals surface area contributed by atoms with Crippen LogP contribution in [0.25, 0.3) is 0 Å². The average Bonchev–Trinajstić information content (AvgIpc) is 2.42. The van der Waals surface area contributed by atoms with Gasteiger partial charge in [-0.3, -0.25) is 0 Å². The Bertz CT molecular complexity index is 599. The summed E-state index contributed by atoms with van der Waals surface area (Å²) in [5.41, 5.74) is 0.585. The molecule has 0 unspecified atom stereocenters. The number of hydrogen-bond donors (Lipinski definition) is 0. The number of carbonyl (C=O) groups excluding carboxylic acids is 1. The Hall–Kier alpha value is -0.720. The first-order chi connectivity index (χ1) is 9.10. The molecule has 2 rings (SSSR count). The fraction of sp³-hybridized carbons (Fsp3) is 0.0714. The van der Waals surface area contributed by atoms with Crippen LogP contribution in [-0.2, 0) is 4.74 Å². The van der Waals surface area contributed by atoms with Crippen molar-refractivity contribution < 1.29 is 9.53 Å². The van der Waals surface area contributed by atoms with Crippen molar-refractivity contribution in [3.8, 4) is 0 Å². The van der Waals surface area contributed by atoms with Crippen molar-refractivity contribution in [2.24, 2.45) is 0 Å². The average molecular weight is 405 g/mol. The van der Waals surface area contributed by atoms with Gasteiger partial charge in [-0.15, -0.1) is 0 Å². The normalized spacial score (nSPS) is 10.3. The van der Waals surface area contributed by atoms with Crippen molar-refractivity contribution >= 4 is 51.9 Å². The van der Waals surface area contributed by atoms with Crippen molar-refractivity contribution in [1.82, 2.24) is 0 Å². The quantitative estimate of drug-likeness (QED) is 0.538. The van der Waals surface area contributed by atoms with Crippen LogP contribution < -0.4 is 0 Å². The highest BCUT2D eigenvalue weighted by atomic mass is 127. The topological polar surface area (TPSA) is 26.3 Å². The van der Waals surface area contributed by atoms with Crippen molar-refractivity contribution in [3.05, 3.63) is 56.6 Å². The third-order valence-electron chi connectivity index (χ3n) is 2.39. The van der Waals surface area contributed by atoms with Crippen LogP contribution in [0.2, 0.25) is 5.02 Å². The third-order valence-corrected chi connectivity index (χ3v) is 4.58. The summed E-state index contributed by atoms with van der Waals surface area (Å²) in [6.45, 7) is 0. The van der Waals surface area contributed by atoms with Gasteiger partial charge in [0.15, 0.2) is 0 Å². The lowest BCUT2D eigenvalue weighted by atomic mass is 10.2. The molecule has 0 saturated carbocycles. The molecule has 0 fully saturated rings. The Balaban J connectivity index is 2.26. The lowest BCUT2D eigenvalue weighted by Gasteiger charge is -2.06. The summed E-state index contributed by atoms with van der Waals surface area (Å²) in [5.74, 6) is -0.317. The molecule has 0 aliphatic carbocycles. The smallest absolute Gasteiger partial charge is 0.338 e. The van der Waals surface area contributed by atoms with Crippen molar-refractivity contribution in [1.29, 1.82) is 0 Å². The molecule has 0 saturated heterocycles. The minimum atomic E-state index is -0.317. The molecule has 0 radical (unpaired) electrons. The molecule has 0 N–H and O–H groups in total. The molecule has 2 aromatic rings. The second kappa shape index (κ2) is 6.63. The zero-order valence-electron chi connectivity index (χ0n) is 10.0. The van der Waals surface area contributed by atoms with E-state index in [9.17, 15) is 4.79 Å². The van der Waals surface area contributed by atoms with Crippen LogP contribution in [0.1, 0.15) is 10.4 Å². The van der Waals surface area contributed by atoms with Crippen LogP contribution in [0.4, 0.5) is 0 Å². The van der Waals surface area contributed by atoms with E-state index in [1.807, 2.05) is 42.5 Å². The predicted octanol–water partition coefficient (Wildman–Crippen LogP) is 4.88. The number of benzene rings is 2. The first-order valence-corrected chi connectivity index (χ1v) is 7.69. The second-order valence-electron chi connectivity index (χ2n) is 3.69. The predicted molar refractivity (Wildman–Crippen MR) is 86.1 cm³/mol. The Morgan fingerprint density at radius 1 is 1.16 bits per heavy atom. The Labute approximate surface area is 134 Å². The molecule has 0 atom stereocenters. The molecule has 98 valence electrons. The maximum absolute atomic E-state index is 11.6. The molecular weight excluding hydrogens is 395 g/mol. The van der Waals surface area contributed by atoms with Crippen molar-refractivity contribution in [2.45, 2.75) is 9.79 Å². The molecule has 5 heteroatoms. The summed E-state index contributed by atoms with van der Waals surface area (Å²) in [6.07, 6.45) is 0. The van der Waals surface area contributed by atoms with Gasteiger partial charge in [-0.1, -0.05) is 23.4 Å². The minimum Gasteiger partial charge on any atom is -0.465 e. The molecule has 0 aromatic heterocycles. The minimum absolute atomic E-state index is 0.317. The summed E-state index contributed by atoms with van der Waals surface area (Å²) >= 11 is 9.55. The molecule has 0 heterocycles. The molecule has 0 amide bonds. The van der Waals surface area contributed by atoms with E-state index in [-0.39, 0.29) is 5.97 Å². The molecule has 2 nitrogen and oxygen atoms in total. The number of methoxy groups -OCH3 is 1. The Kier molecular flexibility index (Phi) is 5.13. The number of ether oxygens (including phenoxy) is 1. The Morgan fingerprint density at radius 3 is 2.42 bits per heavy atom. The van der Waals surface area contributed by atoms with E-state index in [0.29, 0.717) is 10.6 Å². The second-order valence-corrected chi connectivity index (χ2v) is 6.43. The number of carbonyl (C=O) groups is 1. The van der Waals surface area contributed by atoms with Gasteiger partial charge >= 0.3 is 5.97 Å². The van der Waals surface area contributed by atoms with E-state index >= 15 is 0 Å². The van der Waals surface area contributed by atoms with Gasteiger partial charge in [-0.2, -0.15) is 0 Å². The van der Waals surface area contributed by atoms with Gasteiger partial charge in [0.25, 0.3) is 0 Å². The highest BCUT2D eigenvalue weighted by Gasteiger charge is 2.11. The number of rotatable bonds is 3. The van der Waals surface area contributed by atoms with Crippen LogP contribution in [0.15, 0.2) is 52.3 Å². The monoisotopic (exact) mass is 404 g/mol. The van der Waals surface area contributed by atoms with Gasteiger partial charge < -0.3 is 4.74 Å². The molecule has 0 spiro atoms. The zero-order valence-corrected chi connectivity index (χ0v) is 13.8. The standard InChI is InChI=1S/C14H10ClIO2S/c1-18-14(17)12-8-11(6-7-13(12)16)19-10-4-2-9(15)3-5-10/h2-8H,1H3. The summed E-state index contributed by atoms with van der Waals surface area (Å²) in [4.78, 5) is 13.7. The van der Waals surface area contributed by atoms with Gasteiger partial charge in [0.2, 0.25) is 0 Å². The van der Waals surface area contributed by atoms with E-state index in [1.54, 1.807) is 11.8 Å². The molecule has 2 aromatic carbocycles. The maximum atomic E-state index is 11.6.